The van der Waals surface area contributed by atoms with Crippen LogP contribution in [-0.4, -0.2) is 26.2 Å². The molecule has 2 aromatic heterocycles. The van der Waals surface area contributed by atoms with Gasteiger partial charge in [-0.15, -0.1) is 0 Å². The Balaban J connectivity index is 1.91. The number of aryl methyl sites for hydroxylation is 1. The van der Waals surface area contributed by atoms with Crippen LogP contribution in [0.2, 0.25) is 0 Å². The Morgan fingerprint density at radius 3 is 2.86 bits per heavy atom. The zero-order valence-corrected chi connectivity index (χ0v) is 13.1. The van der Waals surface area contributed by atoms with Crippen LogP contribution in [0.1, 0.15) is 31.6 Å². The lowest BCUT2D eigenvalue weighted by atomic mass is 10.1. The molecule has 0 aliphatic rings. The fraction of sp³-hybridized carbons (Fsp3) is 0.400. The molecule has 0 aliphatic carbocycles. The minimum atomic E-state index is -0.0353. The highest BCUT2D eigenvalue weighted by molar-refractivity contribution is 7.99. The van der Waals surface area contributed by atoms with Crippen molar-refractivity contribution in [2.75, 3.05) is 5.75 Å². The Morgan fingerprint density at radius 1 is 1.38 bits per heavy atom. The number of rotatable bonds is 7. The van der Waals surface area contributed by atoms with E-state index in [9.17, 15) is 4.79 Å². The summed E-state index contributed by atoms with van der Waals surface area (Å²) >= 11 is 1.44. The molecule has 0 saturated heterocycles. The molecule has 0 unspecified atom stereocenters. The maximum atomic E-state index is 12.1. The quantitative estimate of drug-likeness (QED) is 0.799. The number of amides is 1. The van der Waals surface area contributed by atoms with Crippen molar-refractivity contribution in [2.24, 2.45) is 7.05 Å². The predicted molar refractivity (Wildman–Crippen MR) is 84.0 cm³/mol. The average molecular weight is 304 g/mol. The van der Waals surface area contributed by atoms with E-state index in [0.717, 1.165) is 23.7 Å². The van der Waals surface area contributed by atoms with Crippen molar-refractivity contribution in [3.05, 3.63) is 42.6 Å². The number of imidazole rings is 1. The Bertz CT molecular complexity index is 570. The fourth-order valence-electron chi connectivity index (χ4n) is 2.08. The van der Waals surface area contributed by atoms with Gasteiger partial charge in [-0.1, -0.05) is 31.2 Å². The lowest BCUT2D eigenvalue weighted by Crippen LogP contribution is -2.31. The number of nitrogens with zero attached hydrogens (tertiary/aromatic N) is 3. The highest BCUT2D eigenvalue weighted by atomic mass is 32.2. The van der Waals surface area contributed by atoms with Crippen LogP contribution in [-0.2, 0) is 11.8 Å². The molecule has 2 aromatic rings. The van der Waals surface area contributed by atoms with Gasteiger partial charge in [-0.3, -0.25) is 4.79 Å². The van der Waals surface area contributed by atoms with E-state index in [-0.39, 0.29) is 11.9 Å². The van der Waals surface area contributed by atoms with Gasteiger partial charge < -0.3 is 9.88 Å². The lowest BCUT2D eigenvalue weighted by molar-refractivity contribution is -0.119. The summed E-state index contributed by atoms with van der Waals surface area (Å²) in [5.41, 5.74) is 0. The molecule has 0 fully saturated rings. The minimum Gasteiger partial charge on any atom is -0.345 e. The van der Waals surface area contributed by atoms with E-state index in [1.165, 1.54) is 11.8 Å². The van der Waals surface area contributed by atoms with Gasteiger partial charge in [0.1, 0.15) is 5.82 Å². The van der Waals surface area contributed by atoms with Gasteiger partial charge in [0.05, 0.1) is 16.8 Å². The molecule has 1 atom stereocenters. The van der Waals surface area contributed by atoms with Gasteiger partial charge in [-0.05, 0) is 18.6 Å². The maximum absolute atomic E-state index is 12.1. The second-order valence-corrected chi connectivity index (χ2v) is 5.76. The van der Waals surface area contributed by atoms with Crippen molar-refractivity contribution in [1.82, 2.24) is 19.9 Å². The van der Waals surface area contributed by atoms with E-state index in [1.54, 1.807) is 12.4 Å². The molecular formula is C15H20N4OS. The van der Waals surface area contributed by atoms with Gasteiger partial charge >= 0.3 is 0 Å². The van der Waals surface area contributed by atoms with E-state index in [4.69, 9.17) is 0 Å². The Kier molecular flexibility index (Phi) is 5.80. The molecule has 2 rings (SSSR count). The molecule has 112 valence electrons. The van der Waals surface area contributed by atoms with E-state index in [2.05, 4.69) is 22.2 Å². The zero-order chi connectivity index (χ0) is 15.1. The number of aromatic nitrogens is 3. The van der Waals surface area contributed by atoms with E-state index in [1.807, 2.05) is 36.0 Å². The molecule has 1 amide bonds. The van der Waals surface area contributed by atoms with Gasteiger partial charge in [0.2, 0.25) is 5.91 Å². The summed E-state index contributed by atoms with van der Waals surface area (Å²) in [5.74, 6) is 1.27. The minimum absolute atomic E-state index is 0.00658. The summed E-state index contributed by atoms with van der Waals surface area (Å²) in [6.07, 6.45) is 7.25. The Labute approximate surface area is 129 Å². The van der Waals surface area contributed by atoms with E-state index in [0.29, 0.717) is 5.75 Å². The van der Waals surface area contributed by atoms with Crippen molar-refractivity contribution < 1.29 is 4.79 Å². The standard InChI is InChI=1S/C15H20N4OS/c1-3-6-12(15-17-9-10-19(15)2)18-13(20)11-21-14-7-4-5-8-16-14/h4-5,7-10,12H,3,6,11H2,1-2H3,(H,18,20)/t12-/m1/s1. The van der Waals surface area contributed by atoms with Crippen LogP contribution in [0.25, 0.3) is 0 Å². The SMILES string of the molecule is CCC[C@@H](NC(=O)CSc1ccccn1)c1nccn1C. The first kappa shape index (κ1) is 15.6. The van der Waals surface area contributed by atoms with Crippen LogP contribution in [0.3, 0.4) is 0 Å². The molecule has 0 aromatic carbocycles. The van der Waals surface area contributed by atoms with Crippen LogP contribution in [0.15, 0.2) is 41.8 Å². The third kappa shape index (κ3) is 4.60. The number of thioether (sulfide) groups is 1. The van der Waals surface area contributed by atoms with Gasteiger partial charge in [-0.2, -0.15) is 0 Å². The first-order valence-electron chi connectivity index (χ1n) is 7.01. The average Bonchev–Trinajstić information content (AvgIpc) is 2.92. The molecule has 5 nitrogen and oxygen atoms in total. The first-order chi connectivity index (χ1) is 10.2. The molecule has 2 heterocycles. The van der Waals surface area contributed by atoms with Crippen LogP contribution >= 0.6 is 11.8 Å². The van der Waals surface area contributed by atoms with Crippen molar-refractivity contribution in [2.45, 2.75) is 30.8 Å². The molecule has 0 spiro atoms. The van der Waals surface area contributed by atoms with E-state index < -0.39 is 0 Å². The van der Waals surface area contributed by atoms with Crippen molar-refractivity contribution in [3.8, 4) is 0 Å². The monoisotopic (exact) mass is 304 g/mol. The molecule has 21 heavy (non-hydrogen) atoms. The van der Waals surface area contributed by atoms with Crippen LogP contribution in [0, 0.1) is 0 Å². The highest BCUT2D eigenvalue weighted by Crippen LogP contribution is 2.18. The smallest absolute Gasteiger partial charge is 0.231 e. The van der Waals surface area contributed by atoms with Gasteiger partial charge in [0.25, 0.3) is 0 Å². The third-order valence-electron chi connectivity index (χ3n) is 3.07. The number of hydrogen-bond acceptors (Lipinski definition) is 4. The number of nitrogens with one attached hydrogen (secondary N) is 1. The summed E-state index contributed by atoms with van der Waals surface area (Å²) < 4.78 is 1.95. The number of carbonyl (C=O) groups excluding carboxylic acids is 1. The largest absolute Gasteiger partial charge is 0.345 e. The van der Waals surface area contributed by atoms with Crippen molar-refractivity contribution in [1.29, 1.82) is 0 Å². The number of carbonyl (C=O) groups is 1. The number of hydrogen-bond donors (Lipinski definition) is 1. The van der Waals surface area contributed by atoms with Crippen molar-refractivity contribution in [3.63, 3.8) is 0 Å². The highest BCUT2D eigenvalue weighted by Gasteiger charge is 2.17. The topological polar surface area (TPSA) is 59.8 Å². The number of pyridine rings is 1. The molecule has 1 N–H and O–H groups in total. The zero-order valence-electron chi connectivity index (χ0n) is 12.3. The van der Waals surface area contributed by atoms with Crippen LogP contribution in [0.5, 0.6) is 0 Å². The molecule has 0 bridgehead atoms. The summed E-state index contributed by atoms with van der Waals surface area (Å²) in [6.45, 7) is 2.10. The van der Waals surface area contributed by atoms with Gasteiger partial charge in [0.15, 0.2) is 0 Å². The fourth-order valence-corrected chi connectivity index (χ4v) is 2.75. The normalized spacial score (nSPS) is 12.1. The summed E-state index contributed by atoms with van der Waals surface area (Å²) in [6, 6.07) is 5.65. The summed E-state index contributed by atoms with van der Waals surface area (Å²) in [7, 11) is 1.94. The lowest BCUT2D eigenvalue weighted by Gasteiger charge is -2.17. The van der Waals surface area contributed by atoms with Gasteiger partial charge in [0, 0.05) is 25.6 Å². The molecule has 0 aliphatic heterocycles. The molecule has 6 heteroatoms. The molecule has 0 radical (unpaired) electrons. The molecule has 0 saturated carbocycles. The first-order valence-corrected chi connectivity index (χ1v) is 7.99. The van der Waals surface area contributed by atoms with Crippen LogP contribution in [0.4, 0.5) is 0 Å². The predicted octanol–water partition coefficient (Wildman–Crippen LogP) is 2.56. The summed E-state index contributed by atoms with van der Waals surface area (Å²) in [5, 5.41) is 3.92. The Hall–Kier alpha value is -1.82. The second kappa shape index (κ2) is 7.83. The third-order valence-corrected chi connectivity index (χ3v) is 4.02. The molecular weight excluding hydrogens is 284 g/mol. The van der Waals surface area contributed by atoms with E-state index >= 15 is 0 Å². The van der Waals surface area contributed by atoms with Crippen LogP contribution < -0.4 is 5.32 Å². The summed E-state index contributed by atoms with van der Waals surface area (Å²) in [4.78, 5) is 20.6. The van der Waals surface area contributed by atoms with Gasteiger partial charge in [-0.25, -0.2) is 9.97 Å². The Morgan fingerprint density at radius 2 is 2.24 bits per heavy atom. The second-order valence-electron chi connectivity index (χ2n) is 4.76. The maximum Gasteiger partial charge on any atom is 0.231 e. The van der Waals surface area contributed by atoms with Crippen molar-refractivity contribution >= 4 is 17.7 Å².